The quantitative estimate of drug-likeness (QED) is 0.491. The van der Waals surface area contributed by atoms with Gasteiger partial charge in [-0.2, -0.15) is 5.10 Å². The number of nitrogens with one attached hydrogen (secondary N) is 2. The highest BCUT2D eigenvalue weighted by atomic mass is 19.1. The lowest BCUT2D eigenvalue weighted by Gasteiger charge is -2.31. The third-order valence-corrected chi connectivity index (χ3v) is 5.95. The number of pyridine rings is 1. The Kier molecular flexibility index (Phi) is 5.45. The van der Waals surface area contributed by atoms with Crippen molar-refractivity contribution in [1.82, 2.24) is 30.0 Å². The van der Waals surface area contributed by atoms with Crippen LogP contribution < -0.4 is 5.32 Å². The summed E-state index contributed by atoms with van der Waals surface area (Å²) in [6.07, 6.45) is 6.27. The zero-order valence-corrected chi connectivity index (χ0v) is 17.9. The van der Waals surface area contributed by atoms with Crippen molar-refractivity contribution in [3.63, 3.8) is 0 Å². The maximum absolute atomic E-state index is 13.6. The summed E-state index contributed by atoms with van der Waals surface area (Å²) < 4.78 is 15.4. The fraction of sp³-hybridized carbons (Fsp3) is 0.292. The lowest BCUT2D eigenvalue weighted by molar-refractivity contribution is -0.123. The van der Waals surface area contributed by atoms with E-state index in [0.717, 1.165) is 40.0 Å². The second-order valence-electron chi connectivity index (χ2n) is 8.30. The number of fused-ring (bicyclic) bond motifs is 2. The SMILES string of the molecule is Cn1cc2c(n1)[C@H](C(=O)NCCc1c[nH]c3ccc(F)cc13)CN(Cc1ccccn1)C2. The largest absolute Gasteiger partial charge is 0.361 e. The molecular formula is C24H25FN6O. The van der Waals surface area contributed by atoms with Gasteiger partial charge in [-0.05, 0) is 42.3 Å². The summed E-state index contributed by atoms with van der Waals surface area (Å²) in [5.41, 5.74) is 4.77. The molecule has 0 fully saturated rings. The number of rotatable bonds is 6. The van der Waals surface area contributed by atoms with E-state index < -0.39 is 0 Å². The molecule has 5 rings (SSSR count). The molecule has 0 saturated carbocycles. The first kappa shape index (κ1) is 20.4. The van der Waals surface area contributed by atoms with Crippen molar-refractivity contribution in [2.24, 2.45) is 7.05 Å². The van der Waals surface area contributed by atoms with Crippen LogP contribution in [0.25, 0.3) is 10.9 Å². The predicted octanol–water partition coefficient (Wildman–Crippen LogP) is 2.89. The Morgan fingerprint density at radius 3 is 3.06 bits per heavy atom. The molecule has 0 saturated heterocycles. The second-order valence-corrected chi connectivity index (χ2v) is 8.30. The number of halogens is 1. The highest BCUT2D eigenvalue weighted by Crippen LogP contribution is 2.28. The summed E-state index contributed by atoms with van der Waals surface area (Å²) in [5, 5.41) is 8.49. The summed E-state index contributed by atoms with van der Waals surface area (Å²) in [6.45, 7) is 2.48. The van der Waals surface area contributed by atoms with Gasteiger partial charge in [0.2, 0.25) is 5.91 Å². The molecule has 4 heterocycles. The molecule has 4 aromatic rings. The number of hydrogen-bond donors (Lipinski definition) is 2. The fourth-order valence-corrected chi connectivity index (χ4v) is 4.47. The number of H-pyrrole nitrogens is 1. The minimum absolute atomic E-state index is 0.0401. The van der Waals surface area contributed by atoms with Crippen molar-refractivity contribution >= 4 is 16.8 Å². The highest BCUT2D eigenvalue weighted by molar-refractivity contribution is 5.85. The van der Waals surface area contributed by atoms with Crippen LogP contribution >= 0.6 is 0 Å². The summed E-state index contributed by atoms with van der Waals surface area (Å²) in [6, 6.07) is 10.6. The van der Waals surface area contributed by atoms with E-state index in [1.807, 2.05) is 37.6 Å². The van der Waals surface area contributed by atoms with Gasteiger partial charge in [0.25, 0.3) is 0 Å². The molecule has 8 heteroatoms. The topological polar surface area (TPSA) is 78.8 Å². The molecule has 0 unspecified atom stereocenters. The van der Waals surface area contributed by atoms with Gasteiger partial charge in [-0.1, -0.05) is 6.07 Å². The minimum atomic E-state index is -0.343. The molecule has 0 spiro atoms. The van der Waals surface area contributed by atoms with Crippen LogP contribution in [0, 0.1) is 5.82 Å². The lowest BCUT2D eigenvalue weighted by atomic mass is 9.95. The number of aryl methyl sites for hydroxylation is 1. The van der Waals surface area contributed by atoms with Gasteiger partial charge in [-0.25, -0.2) is 4.39 Å². The number of aromatic amines is 1. The molecule has 0 radical (unpaired) electrons. The molecule has 0 aliphatic carbocycles. The van der Waals surface area contributed by atoms with Gasteiger partial charge in [0.1, 0.15) is 5.82 Å². The Labute approximate surface area is 185 Å². The highest BCUT2D eigenvalue weighted by Gasteiger charge is 2.33. The number of carbonyl (C=O) groups excluding carboxylic acids is 1. The Hall–Kier alpha value is -3.52. The van der Waals surface area contributed by atoms with Crippen LogP contribution in [0.4, 0.5) is 4.39 Å². The summed E-state index contributed by atoms with van der Waals surface area (Å²) in [4.78, 5) is 23.0. The monoisotopic (exact) mass is 432 g/mol. The lowest BCUT2D eigenvalue weighted by Crippen LogP contribution is -2.41. The molecule has 1 aliphatic heterocycles. The van der Waals surface area contributed by atoms with Crippen LogP contribution in [0.15, 0.2) is 55.0 Å². The standard InChI is InChI=1S/C24H25FN6O/c1-30-12-17-13-31(14-19-4-2-3-8-26-19)15-21(23(17)29-30)24(32)27-9-7-16-11-28-22-6-5-18(25)10-20(16)22/h2-6,8,10-12,21,28H,7,9,13-15H2,1H3,(H,27,32)/t21-/m1/s1. The Balaban J connectivity index is 1.27. The number of benzene rings is 1. The van der Waals surface area contributed by atoms with Gasteiger partial charge in [-0.3, -0.25) is 19.4 Å². The molecule has 1 atom stereocenters. The molecule has 1 aromatic carbocycles. The van der Waals surface area contributed by atoms with Gasteiger partial charge in [-0.15, -0.1) is 0 Å². The fourth-order valence-electron chi connectivity index (χ4n) is 4.47. The van der Waals surface area contributed by atoms with Gasteiger partial charge >= 0.3 is 0 Å². The molecule has 1 amide bonds. The van der Waals surface area contributed by atoms with Crippen molar-refractivity contribution in [2.45, 2.75) is 25.4 Å². The van der Waals surface area contributed by atoms with Gasteiger partial charge in [0, 0.05) is 68.3 Å². The zero-order valence-electron chi connectivity index (χ0n) is 17.9. The Morgan fingerprint density at radius 2 is 2.22 bits per heavy atom. The van der Waals surface area contributed by atoms with Gasteiger partial charge in [0.15, 0.2) is 0 Å². The van der Waals surface area contributed by atoms with Crippen LogP contribution in [0.5, 0.6) is 0 Å². The number of amides is 1. The molecular weight excluding hydrogens is 407 g/mol. The Morgan fingerprint density at radius 1 is 1.31 bits per heavy atom. The molecule has 0 bridgehead atoms. The molecule has 32 heavy (non-hydrogen) atoms. The van der Waals surface area contributed by atoms with Crippen LogP contribution in [-0.4, -0.2) is 43.6 Å². The van der Waals surface area contributed by atoms with E-state index >= 15 is 0 Å². The average Bonchev–Trinajstić information content (AvgIpc) is 3.36. The summed E-state index contributed by atoms with van der Waals surface area (Å²) in [5.74, 6) is -0.647. The third-order valence-electron chi connectivity index (χ3n) is 5.95. The van der Waals surface area contributed by atoms with Gasteiger partial charge in [0.05, 0.1) is 17.3 Å². The van der Waals surface area contributed by atoms with Crippen molar-refractivity contribution in [2.75, 3.05) is 13.1 Å². The first-order valence-electron chi connectivity index (χ1n) is 10.7. The Bertz CT molecular complexity index is 1250. The van der Waals surface area contributed by atoms with E-state index in [1.165, 1.54) is 12.1 Å². The maximum Gasteiger partial charge on any atom is 0.230 e. The van der Waals surface area contributed by atoms with Crippen molar-refractivity contribution in [1.29, 1.82) is 0 Å². The van der Waals surface area contributed by atoms with E-state index in [2.05, 4.69) is 25.3 Å². The molecule has 7 nitrogen and oxygen atoms in total. The molecule has 2 N–H and O–H groups in total. The molecule has 1 aliphatic rings. The number of hydrogen-bond acceptors (Lipinski definition) is 4. The van der Waals surface area contributed by atoms with E-state index in [0.29, 0.717) is 26.1 Å². The smallest absolute Gasteiger partial charge is 0.230 e. The number of carbonyl (C=O) groups is 1. The van der Waals surface area contributed by atoms with Crippen molar-refractivity contribution in [3.05, 3.63) is 83.3 Å². The van der Waals surface area contributed by atoms with Crippen LogP contribution in [0.2, 0.25) is 0 Å². The van der Waals surface area contributed by atoms with Crippen LogP contribution in [0.3, 0.4) is 0 Å². The second kappa shape index (κ2) is 8.55. The molecule has 3 aromatic heterocycles. The average molecular weight is 433 g/mol. The van der Waals surface area contributed by atoms with Crippen LogP contribution in [0.1, 0.15) is 28.4 Å². The predicted molar refractivity (Wildman–Crippen MR) is 119 cm³/mol. The van der Waals surface area contributed by atoms with Gasteiger partial charge < -0.3 is 10.3 Å². The first-order chi connectivity index (χ1) is 15.6. The van der Waals surface area contributed by atoms with E-state index in [-0.39, 0.29) is 17.6 Å². The summed E-state index contributed by atoms with van der Waals surface area (Å²) in [7, 11) is 1.88. The maximum atomic E-state index is 13.6. The number of aromatic nitrogens is 4. The van der Waals surface area contributed by atoms with E-state index in [1.54, 1.807) is 16.9 Å². The van der Waals surface area contributed by atoms with Crippen molar-refractivity contribution in [3.8, 4) is 0 Å². The van der Waals surface area contributed by atoms with E-state index in [4.69, 9.17) is 0 Å². The normalized spacial score (nSPS) is 16.2. The van der Waals surface area contributed by atoms with Crippen LogP contribution in [-0.2, 0) is 31.4 Å². The summed E-state index contributed by atoms with van der Waals surface area (Å²) >= 11 is 0. The first-order valence-corrected chi connectivity index (χ1v) is 10.7. The molecule has 164 valence electrons. The zero-order chi connectivity index (χ0) is 22.1. The third kappa shape index (κ3) is 4.13. The minimum Gasteiger partial charge on any atom is -0.361 e. The van der Waals surface area contributed by atoms with E-state index in [9.17, 15) is 9.18 Å². The van der Waals surface area contributed by atoms with Crippen molar-refractivity contribution < 1.29 is 9.18 Å². The number of nitrogens with zero attached hydrogens (tertiary/aromatic N) is 4.